The molecule has 0 unspecified atom stereocenters. The summed E-state index contributed by atoms with van der Waals surface area (Å²) in [6.45, 7) is 1.95. The summed E-state index contributed by atoms with van der Waals surface area (Å²) >= 11 is 0. The van der Waals surface area contributed by atoms with Gasteiger partial charge in [-0.15, -0.1) is 0 Å². The van der Waals surface area contributed by atoms with E-state index in [4.69, 9.17) is 9.84 Å². The first kappa shape index (κ1) is 13.3. The Morgan fingerprint density at radius 1 is 1.16 bits per heavy atom. The van der Waals surface area contributed by atoms with E-state index in [-0.39, 0.29) is 11.5 Å². The number of hydrogen-bond donors (Lipinski definition) is 1. The summed E-state index contributed by atoms with van der Waals surface area (Å²) in [7, 11) is 0. The standard InChI is InChI=1S/C14H15NO4/c16-13(17)10-12(11-4-2-1-3-5-11)14(18)15-6-8-19-9-7-15/h1-5,10H,6-9H2,(H,16,17). The van der Waals surface area contributed by atoms with Gasteiger partial charge in [0, 0.05) is 19.2 Å². The molecule has 100 valence electrons. The number of nitrogens with zero attached hydrogens (tertiary/aromatic N) is 1. The van der Waals surface area contributed by atoms with Crippen molar-refractivity contribution in [3.05, 3.63) is 42.0 Å². The van der Waals surface area contributed by atoms with Crippen LogP contribution in [0.1, 0.15) is 5.56 Å². The lowest BCUT2D eigenvalue weighted by atomic mass is 10.0. The molecule has 0 bridgehead atoms. The average molecular weight is 261 g/mol. The highest BCUT2D eigenvalue weighted by molar-refractivity contribution is 6.22. The molecule has 1 aromatic rings. The molecule has 1 amide bonds. The minimum Gasteiger partial charge on any atom is -0.478 e. The van der Waals surface area contributed by atoms with Gasteiger partial charge in [-0.2, -0.15) is 0 Å². The largest absolute Gasteiger partial charge is 0.478 e. The van der Waals surface area contributed by atoms with E-state index in [1.165, 1.54) is 0 Å². The van der Waals surface area contributed by atoms with Crippen molar-refractivity contribution in [3.63, 3.8) is 0 Å². The Labute approximate surface area is 111 Å². The number of benzene rings is 1. The lowest BCUT2D eigenvalue weighted by Crippen LogP contribution is -2.41. The third kappa shape index (κ3) is 3.42. The fraction of sp³-hybridized carbons (Fsp3) is 0.286. The Morgan fingerprint density at radius 3 is 2.37 bits per heavy atom. The third-order valence-corrected chi connectivity index (χ3v) is 2.88. The molecule has 1 heterocycles. The number of ether oxygens (including phenoxy) is 1. The molecule has 2 rings (SSSR count). The second-order valence-electron chi connectivity index (χ2n) is 4.17. The molecule has 5 nitrogen and oxygen atoms in total. The maximum Gasteiger partial charge on any atom is 0.329 e. The quantitative estimate of drug-likeness (QED) is 0.825. The van der Waals surface area contributed by atoms with Gasteiger partial charge in [0.25, 0.3) is 5.91 Å². The van der Waals surface area contributed by atoms with E-state index in [1.807, 2.05) is 6.07 Å². The maximum absolute atomic E-state index is 12.4. The van der Waals surface area contributed by atoms with Crippen LogP contribution in [-0.2, 0) is 14.3 Å². The fourth-order valence-corrected chi connectivity index (χ4v) is 1.95. The van der Waals surface area contributed by atoms with Crippen LogP contribution in [-0.4, -0.2) is 48.2 Å². The van der Waals surface area contributed by atoms with Crippen molar-refractivity contribution >= 4 is 17.4 Å². The molecule has 5 heteroatoms. The van der Waals surface area contributed by atoms with Crippen molar-refractivity contribution < 1.29 is 19.4 Å². The van der Waals surface area contributed by atoms with Crippen LogP contribution >= 0.6 is 0 Å². The molecule has 0 aliphatic carbocycles. The molecule has 1 N–H and O–H groups in total. The Hall–Kier alpha value is -2.14. The molecule has 0 spiro atoms. The molecule has 0 saturated carbocycles. The number of aliphatic carboxylic acids is 1. The summed E-state index contributed by atoms with van der Waals surface area (Å²) in [5.74, 6) is -1.39. The van der Waals surface area contributed by atoms with Gasteiger partial charge in [0.15, 0.2) is 0 Å². The van der Waals surface area contributed by atoms with Crippen molar-refractivity contribution in [3.8, 4) is 0 Å². The van der Waals surface area contributed by atoms with Crippen LogP contribution in [0.15, 0.2) is 36.4 Å². The van der Waals surface area contributed by atoms with Gasteiger partial charge in [-0.3, -0.25) is 4.79 Å². The highest BCUT2D eigenvalue weighted by Crippen LogP contribution is 2.18. The van der Waals surface area contributed by atoms with Gasteiger partial charge in [0.1, 0.15) is 0 Å². The van der Waals surface area contributed by atoms with E-state index in [1.54, 1.807) is 29.2 Å². The minimum absolute atomic E-state index is 0.204. The summed E-state index contributed by atoms with van der Waals surface area (Å²) in [6.07, 6.45) is 0.965. The monoisotopic (exact) mass is 261 g/mol. The van der Waals surface area contributed by atoms with Crippen molar-refractivity contribution in [1.82, 2.24) is 4.90 Å². The van der Waals surface area contributed by atoms with Crippen molar-refractivity contribution in [1.29, 1.82) is 0 Å². The average Bonchev–Trinajstić information content (AvgIpc) is 2.46. The fourth-order valence-electron chi connectivity index (χ4n) is 1.95. The lowest BCUT2D eigenvalue weighted by Gasteiger charge is -2.27. The van der Waals surface area contributed by atoms with Gasteiger partial charge in [0.2, 0.25) is 0 Å². The highest BCUT2D eigenvalue weighted by Gasteiger charge is 2.22. The number of rotatable bonds is 3. The number of carboxylic acid groups (broad SMARTS) is 1. The van der Waals surface area contributed by atoms with Gasteiger partial charge < -0.3 is 14.7 Å². The molecule has 1 aliphatic rings. The van der Waals surface area contributed by atoms with Crippen LogP contribution in [0.5, 0.6) is 0 Å². The first-order chi connectivity index (χ1) is 9.18. The predicted octanol–water partition coefficient (Wildman–Crippen LogP) is 1.01. The molecule has 1 aromatic carbocycles. The van der Waals surface area contributed by atoms with Gasteiger partial charge >= 0.3 is 5.97 Å². The second-order valence-corrected chi connectivity index (χ2v) is 4.17. The third-order valence-electron chi connectivity index (χ3n) is 2.88. The normalized spacial score (nSPS) is 16.2. The molecule has 1 aliphatic heterocycles. The second kappa shape index (κ2) is 6.15. The molecule has 1 fully saturated rings. The summed E-state index contributed by atoms with van der Waals surface area (Å²) in [5.41, 5.74) is 0.816. The first-order valence-electron chi connectivity index (χ1n) is 6.05. The van der Waals surface area contributed by atoms with E-state index >= 15 is 0 Å². The zero-order chi connectivity index (χ0) is 13.7. The number of amides is 1. The van der Waals surface area contributed by atoms with Crippen molar-refractivity contribution in [2.24, 2.45) is 0 Å². The molecule has 19 heavy (non-hydrogen) atoms. The van der Waals surface area contributed by atoms with Crippen molar-refractivity contribution in [2.75, 3.05) is 26.3 Å². The number of carboxylic acids is 1. The van der Waals surface area contributed by atoms with E-state index in [9.17, 15) is 9.59 Å². The number of carbonyl (C=O) groups excluding carboxylic acids is 1. The molecule has 0 atom stereocenters. The smallest absolute Gasteiger partial charge is 0.329 e. The lowest BCUT2D eigenvalue weighted by molar-refractivity contribution is -0.132. The van der Waals surface area contributed by atoms with Crippen LogP contribution in [0.25, 0.3) is 5.57 Å². The van der Waals surface area contributed by atoms with Crippen LogP contribution in [0, 0.1) is 0 Å². The Balaban J connectivity index is 2.28. The van der Waals surface area contributed by atoms with Crippen LogP contribution in [0.4, 0.5) is 0 Å². The van der Waals surface area contributed by atoms with Crippen LogP contribution < -0.4 is 0 Å². The number of hydrogen-bond acceptors (Lipinski definition) is 3. The first-order valence-corrected chi connectivity index (χ1v) is 6.05. The van der Waals surface area contributed by atoms with E-state index in [0.29, 0.717) is 31.9 Å². The Morgan fingerprint density at radius 2 is 1.79 bits per heavy atom. The summed E-state index contributed by atoms with van der Waals surface area (Å²) in [5, 5.41) is 8.92. The molecule has 0 aromatic heterocycles. The zero-order valence-electron chi connectivity index (χ0n) is 10.4. The number of carbonyl (C=O) groups is 2. The molecule has 1 saturated heterocycles. The van der Waals surface area contributed by atoms with Crippen LogP contribution in [0.3, 0.4) is 0 Å². The van der Waals surface area contributed by atoms with Crippen molar-refractivity contribution in [2.45, 2.75) is 0 Å². The summed E-state index contributed by atoms with van der Waals surface area (Å²) in [6, 6.07) is 8.83. The SMILES string of the molecule is O=C(O)C=C(C(=O)N1CCOCC1)c1ccccc1. The summed E-state index contributed by atoms with van der Waals surface area (Å²) < 4.78 is 5.19. The molecular weight excluding hydrogens is 246 g/mol. The maximum atomic E-state index is 12.4. The predicted molar refractivity (Wildman–Crippen MR) is 69.5 cm³/mol. The Bertz CT molecular complexity index is 489. The summed E-state index contributed by atoms with van der Waals surface area (Å²) in [4.78, 5) is 24.9. The minimum atomic E-state index is -1.12. The van der Waals surface area contributed by atoms with Gasteiger partial charge in [-0.25, -0.2) is 4.79 Å². The van der Waals surface area contributed by atoms with Crippen LogP contribution in [0.2, 0.25) is 0 Å². The van der Waals surface area contributed by atoms with Gasteiger partial charge in [-0.1, -0.05) is 30.3 Å². The highest BCUT2D eigenvalue weighted by atomic mass is 16.5. The number of morpholine rings is 1. The zero-order valence-corrected chi connectivity index (χ0v) is 10.4. The van der Waals surface area contributed by atoms with Gasteiger partial charge in [0.05, 0.1) is 18.8 Å². The van der Waals surface area contributed by atoms with E-state index in [2.05, 4.69) is 0 Å². The van der Waals surface area contributed by atoms with Gasteiger partial charge in [-0.05, 0) is 5.56 Å². The molecular formula is C14H15NO4. The Kier molecular flexibility index (Phi) is 4.30. The topological polar surface area (TPSA) is 66.8 Å². The van der Waals surface area contributed by atoms with E-state index < -0.39 is 5.97 Å². The van der Waals surface area contributed by atoms with E-state index in [0.717, 1.165) is 6.08 Å². The molecule has 0 radical (unpaired) electrons.